The Morgan fingerprint density at radius 3 is 2.76 bits per heavy atom. The third-order valence-electron chi connectivity index (χ3n) is 4.73. The van der Waals surface area contributed by atoms with Crippen molar-refractivity contribution in [1.29, 1.82) is 5.26 Å². The number of halogens is 1. The number of rotatable bonds is 6. The molecule has 0 unspecified atom stereocenters. The van der Waals surface area contributed by atoms with Gasteiger partial charge in [0.25, 0.3) is 11.5 Å². The summed E-state index contributed by atoms with van der Waals surface area (Å²) in [5.41, 5.74) is 0.414. The Balaban J connectivity index is 1.79. The second-order valence-corrected chi connectivity index (χ2v) is 7.92. The standard InChI is InChI=1S/C24H17BrN4O4/c1-15-4-2-10-29-21(15)28-23(33-18-8-6-17(25)7-9-18)20(24(29)31)12-16(13-26)22(30)27-14-19-5-3-11-32-19/h2-12H,14H2,1H3,(H,27,30)/b16-12+. The van der Waals surface area contributed by atoms with Gasteiger partial charge in [-0.1, -0.05) is 22.0 Å². The van der Waals surface area contributed by atoms with Gasteiger partial charge in [-0.25, -0.2) is 0 Å². The Morgan fingerprint density at radius 1 is 1.27 bits per heavy atom. The van der Waals surface area contributed by atoms with Crippen molar-refractivity contribution in [2.45, 2.75) is 13.5 Å². The molecule has 33 heavy (non-hydrogen) atoms. The number of nitriles is 1. The third-order valence-corrected chi connectivity index (χ3v) is 5.26. The number of aromatic nitrogens is 2. The molecule has 0 bridgehead atoms. The SMILES string of the molecule is Cc1cccn2c(=O)c(/C=C(\C#N)C(=O)NCc3ccco3)c(Oc3ccc(Br)cc3)nc12. The fourth-order valence-electron chi connectivity index (χ4n) is 3.08. The van der Waals surface area contributed by atoms with Gasteiger partial charge in [-0.05, 0) is 61.0 Å². The zero-order valence-corrected chi connectivity index (χ0v) is 19.0. The van der Waals surface area contributed by atoms with Crippen LogP contribution in [0.5, 0.6) is 11.6 Å². The van der Waals surface area contributed by atoms with Crippen molar-refractivity contribution in [2.75, 3.05) is 0 Å². The van der Waals surface area contributed by atoms with Crippen LogP contribution < -0.4 is 15.6 Å². The second-order valence-electron chi connectivity index (χ2n) is 7.01. The molecule has 0 aliphatic rings. The molecule has 9 heteroatoms. The van der Waals surface area contributed by atoms with Crippen molar-refractivity contribution in [3.8, 4) is 17.7 Å². The smallest absolute Gasteiger partial charge is 0.269 e. The number of furan rings is 1. The lowest BCUT2D eigenvalue weighted by Gasteiger charge is -2.11. The van der Waals surface area contributed by atoms with Crippen LogP contribution >= 0.6 is 15.9 Å². The maximum absolute atomic E-state index is 13.3. The van der Waals surface area contributed by atoms with E-state index in [1.54, 1.807) is 48.7 Å². The van der Waals surface area contributed by atoms with E-state index >= 15 is 0 Å². The van der Waals surface area contributed by atoms with E-state index in [2.05, 4.69) is 26.2 Å². The summed E-state index contributed by atoms with van der Waals surface area (Å²) in [7, 11) is 0. The minimum absolute atomic E-state index is 0.0109. The van der Waals surface area contributed by atoms with Crippen LogP contribution in [0.2, 0.25) is 0 Å². The third kappa shape index (κ3) is 4.86. The Bertz CT molecular complexity index is 1450. The monoisotopic (exact) mass is 504 g/mol. The average Bonchev–Trinajstić information content (AvgIpc) is 3.33. The molecule has 0 fully saturated rings. The van der Waals surface area contributed by atoms with E-state index in [1.807, 2.05) is 19.1 Å². The molecule has 0 atom stereocenters. The maximum atomic E-state index is 13.3. The Labute approximate surface area is 196 Å². The van der Waals surface area contributed by atoms with Gasteiger partial charge in [0.1, 0.15) is 34.4 Å². The van der Waals surface area contributed by atoms with Gasteiger partial charge in [0, 0.05) is 10.7 Å². The lowest BCUT2D eigenvalue weighted by molar-refractivity contribution is -0.117. The highest BCUT2D eigenvalue weighted by Gasteiger charge is 2.18. The van der Waals surface area contributed by atoms with Gasteiger partial charge in [0.2, 0.25) is 5.88 Å². The van der Waals surface area contributed by atoms with E-state index < -0.39 is 11.5 Å². The normalized spacial score (nSPS) is 11.2. The molecular weight excluding hydrogens is 488 g/mol. The van der Waals surface area contributed by atoms with Gasteiger partial charge in [-0.2, -0.15) is 10.2 Å². The number of nitrogens with zero attached hydrogens (tertiary/aromatic N) is 3. The summed E-state index contributed by atoms with van der Waals surface area (Å²) in [6, 6.07) is 15.8. The van der Waals surface area contributed by atoms with Gasteiger partial charge < -0.3 is 14.5 Å². The van der Waals surface area contributed by atoms with Crippen molar-refractivity contribution in [3.63, 3.8) is 0 Å². The summed E-state index contributed by atoms with van der Waals surface area (Å²) in [6.45, 7) is 1.92. The first-order valence-electron chi connectivity index (χ1n) is 9.84. The van der Waals surface area contributed by atoms with Gasteiger partial charge in [0.15, 0.2) is 0 Å². The van der Waals surface area contributed by atoms with Gasteiger partial charge >= 0.3 is 0 Å². The Kier molecular flexibility index (Phi) is 6.38. The molecule has 4 aromatic rings. The van der Waals surface area contributed by atoms with Crippen molar-refractivity contribution < 1.29 is 13.9 Å². The largest absolute Gasteiger partial charge is 0.467 e. The predicted octanol–water partition coefficient (Wildman–Crippen LogP) is 4.37. The number of amides is 1. The molecule has 1 N–H and O–H groups in total. The summed E-state index contributed by atoms with van der Waals surface area (Å²) < 4.78 is 13.3. The number of fused-ring (bicyclic) bond motifs is 1. The number of ether oxygens (including phenoxy) is 1. The maximum Gasteiger partial charge on any atom is 0.269 e. The van der Waals surface area contributed by atoms with Crippen LogP contribution in [0.1, 0.15) is 16.9 Å². The summed E-state index contributed by atoms with van der Waals surface area (Å²) in [5, 5.41) is 12.2. The summed E-state index contributed by atoms with van der Waals surface area (Å²) >= 11 is 3.36. The highest BCUT2D eigenvalue weighted by Crippen LogP contribution is 2.26. The Morgan fingerprint density at radius 2 is 2.06 bits per heavy atom. The molecule has 0 saturated carbocycles. The van der Waals surface area contributed by atoms with E-state index in [9.17, 15) is 14.9 Å². The molecule has 1 amide bonds. The van der Waals surface area contributed by atoms with Crippen LogP contribution in [0.3, 0.4) is 0 Å². The number of benzene rings is 1. The summed E-state index contributed by atoms with van der Waals surface area (Å²) in [6.07, 6.45) is 4.25. The van der Waals surface area contributed by atoms with Crippen molar-refractivity contribution in [1.82, 2.24) is 14.7 Å². The molecule has 0 radical (unpaired) electrons. The van der Waals surface area contributed by atoms with Crippen LogP contribution in [-0.4, -0.2) is 15.3 Å². The quantitative estimate of drug-likeness (QED) is 0.308. The zero-order chi connectivity index (χ0) is 23.4. The second kappa shape index (κ2) is 9.54. The van der Waals surface area contributed by atoms with Crippen LogP contribution in [0.15, 0.2) is 80.2 Å². The number of nitrogens with one attached hydrogen (secondary N) is 1. The molecule has 3 aromatic heterocycles. The number of pyridine rings is 1. The van der Waals surface area contributed by atoms with Gasteiger partial charge in [0.05, 0.1) is 12.8 Å². The molecule has 4 rings (SSSR count). The topological polar surface area (TPSA) is 110 Å². The zero-order valence-electron chi connectivity index (χ0n) is 17.4. The fourth-order valence-corrected chi connectivity index (χ4v) is 3.34. The van der Waals surface area contributed by atoms with Crippen molar-refractivity contribution in [3.05, 3.63) is 98.3 Å². The van der Waals surface area contributed by atoms with Crippen LogP contribution in [0.25, 0.3) is 11.7 Å². The molecule has 8 nitrogen and oxygen atoms in total. The van der Waals surface area contributed by atoms with Gasteiger partial charge in [-0.15, -0.1) is 0 Å². The first-order valence-corrected chi connectivity index (χ1v) is 10.6. The first-order chi connectivity index (χ1) is 16.0. The molecule has 0 spiro atoms. The summed E-state index contributed by atoms with van der Waals surface area (Å²) in [5.74, 6) is 0.307. The van der Waals surface area contributed by atoms with Gasteiger partial charge in [-0.3, -0.25) is 14.0 Å². The van der Waals surface area contributed by atoms with Crippen LogP contribution in [0, 0.1) is 18.3 Å². The van der Waals surface area contributed by atoms with Crippen LogP contribution in [-0.2, 0) is 11.3 Å². The number of aryl methyl sites for hydroxylation is 1. The fraction of sp³-hybridized carbons (Fsp3) is 0.0833. The van der Waals surface area contributed by atoms with E-state index in [0.29, 0.717) is 17.2 Å². The number of carbonyl (C=O) groups excluding carboxylic acids is 1. The average molecular weight is 505 g/mol. The molecule has 3 heterocycles. The first kappa shape index (κ1) is 22.0. The number of carbonyl (C=O) groups is 1. The number of hydrogen-bond donors (Lipinski definition) is 1. The van der Waals surface area contributed by atoms with E-state index in [1.165, 1.54) is 16.7 Å². The molecule has 0 aliphatic carbocycles. The van der Waals surface area contributed by atoms with E-state index in [0.717, 1.165) is 10.0 Å². The van der Waals surface area contributed by atoms with Crippen LogP contribution in [0.4, 0.5) is 0 Å². The predicted molar refractivity (Wildman–Crippen MR) is 125 cm³/mol. The molecule has 0 aliphatic heterocycles. The lowest BCUT2D eigenvalue weighted by atomic mass is 10.1. The molecular formula is C24H17BrN4O4. The highest BCUT2D eigenvalue weighted by molar-refractivity contribution is 9.10. The van der Waals surface area contributed by atoms with E-state index in [4.69, 9.17) is 9.15 Å². The minimum Gasteiger partial charge on any atom is -0.467 e. The molecule has 164 valence electrons. The molecule has 1 aromatic carbocycles. The van der Waals surface area contributed by atoms with E-state index in [-0.39, 0.29) is 23.6 Å². The summed E-state index contributed by atoms with van der Waals surface area (Å²) in [4.78, 5) is 30.4. The van der Waals surface area contributed by atoms with Crippen molar-refractivity contribution >= 4 is 33.6 Å². The van der Waals surface area contributed by atoms with Crippen molar-refractivity contribution in [2.24, 2.45) is 0 Å². The minimum atomic E-state index is -0.655. The number of hydrogen-bond acceptors (Lipinski definition) is 6. The molecule has 0 saturated heterocycles. The highest BCUT2D eigenvalue weighted by atomic mass is 79.9. The lowest BCUT2D eigenvalue weighted by Crippen LogP contribution is -2.25. The Hall–Kier alpha value is -4.16.